The number of aromatic nitrogens is 1. The lowest BCUT2D eigenvalue weighted by atomic mass is 10.2. The van der Waals surface area contributed by atoms with Crippen molar-refractivity contribution in [3.8, 4) is 0 Å². The van der Waals surface area contributed by atoms with Crippen molar-refractivity contribution in [2.45, 2.75) is 31.9 Å². The summed E-state index contributed by atoms with van der Waals surface area (Å²) in [6, 6.07) is 2.98. The molecule has 0 aliphatic rings. The smallest absolute Gasteiger partial charge is 0.345 e. The van der Waals surface area contributed by atoms with Gasteiger partial charge in [-0.05, 0) is 31.5 Å². The Labute approximate surface area is 103 Å². The van der Waals surface area contributed by atoms with E-state index in [1.807, 2.05) is 0 Å². The average Bonchev–Trinajstić information content (AvgIpc) is 2.24. The summed E-state index contributed by atoms with van der Waals surface area (Å²) in [6.07, 6.45) is -2.78. The molecule has 0 aromatic carbocycles. The van der Waals surface area contributed by atoms with Gasteiger partial charge in [-0.1, -0.05) is 0 Å². The largest absolute Gasteiger partial charge is 0.405 e. The lowest BCUT2D eigenvalue weighted by molar-refractivity contribution is -0.120. The molecule has 0 aliphatic carbocycles. The van der Waals surface area contributed by atoms with E-state index in [4.69, 9.17) is 11.6 Å². The van der Waals surface area contributed by atoms with Crippen molar-refractivity contribution in [3.63, 3.8) is 0 Å². The zero-order valence-corrected chi connectivity index (χ0v) is 10.4. The summed E-state index contributed by atoms with van der Waals surface area (Å²) in [5, 5.41) is 0. The highest BCUT2D eigenvalue weighted by molar-refractivity contribution is 6.17. The van der Waals surface area contributed by atoms with Crippen LogP contribution in [0.3, 0.4) is 0 Å². The Kier molecular flexibility index (Phi) is 4.62. The maximum atomic E-state index is 12.4. The van der Waals surface area contributed by atoms with Crippen molar-refractivity contribution in [2.75, 3.05) is 11.4 Å². The molecule has 0 radical (unpaired) electrons. The minimum Gasteiger partial charge on any atom is -0.345 e. The van der Waals surface area contributed by atoms with Crippen molar-refractivity contribution in [2.24, 2.45) is 0 Å². The van der Waals surface area contributed by atoms with E-state index < -0.39 is 12.7 Å². The molecule has 2 nitrogen and oxygen atoms in total. The normalized spacial score (nSPS) is 11.9. The summed E-state index contributed by atoms with van der Waals surface area (Å²) in [4.78, 5) is 5.16. The molecule has 1 heterocycles. The minimum absolute atomic E-state index is 0.257. The first kappa shape index (κ1) is 14.1. The van der Waals surface area contributed by atoms with Crippen LogP contribution < -0.4 is 4.90 Å². The lowest BCUT2D eigenvalue weighted by Gasteiger charge is -2.28. The van der Waals surface area contributed by atoms with Gasteiger partial charge in [-0.25, -0.2) is 4.98 Å². The molecule has 0 saturated carbocycles. The van der Waals surface area contributed by atoms with E-state index in [2.05, 4.69) is 4.98 Å². The number of anilines is 1. The zero-order chi connectivity index (χ0) is 13.1. The van der Waals surface area contributed by atoms with Crippen molar-refractivity contribution in [1.29, 1.82) is 0 Å². The van der Waals surface area contributed by atoms with E-state index in [9.17, 15) is 13.2 Å². The Bertz CT molecular complexity index is 366. The van der Waals surface area contributed by atoms with Crippen molar-refractivity contribution >= 4 is 17.4 Å². The molecule has 0 bridgehead atoms. The topological polar surface area (TPSA) is 16.1 Å². The number of nitrogens with zero attached hydrogens (tertiary/aromatic N) is 2. The monoisotopic (exact) mass is 266 g/mol. The van der Waals surface area contributed by atoms with E-state index in [0.717, 1.165) is 5.56 Å². The highest BCUT2D eigenvalue weighted by atomic mass is 35.5. The molecular formula is C11H14ClF3N2. The Morgan fingerprint density at radius 2 is 2.06 bits per heavy atom. The van der Waals surface area contributed by atoms with Crippen LogP contribution in [0, 0.1) is 0 Å². The second-order valence-electron chi connectivity index (χ2n) is 3.99. The van der Waals surface area contributed by atoms with Gasteiger partial charge < -0.3 is 4.90 Å². The molecule has 0 aliphatic heterocycles. The summed E-state index contributed by atoms with van der Waals surface area (Å²) in [5.41, 5.74) is 0.754. The number of hydrogen-bond acceptors (Lipinski definition) is 2. The van der Waals surface area contributed by atoms with Crippen molar-refractivity contribution < 1.29 is 13.2 Å². The molecular weight excluding hydrogens is 253 g/mol. The number of rotatable bonds is 4. The lowest BCUT2D eigenvalue weighted by Crippen LogP contribution is -2.39. The van der Waals surface area contributed by atoms with Crippen LogP contribution >= 0.6 is 11.6 Å². The predicted molar refractivity (Wildman–Crippen MR) is 62.3 cm³/mol. The van der Waals surface area contributed by atoms with Crippen molar-refractivity contribution in [1.82, 2.24) is 4.98 Å². The van der Waals surface area contributed by atoms with Crippen LogP contribution in [0.15, 0.2) is 18.3 Å². The van der Waals surface area contributed by atoms with E-state index in [-0.39, 0.29) is 11.9 Å². The first-order valence-electron chi connectivity index (χ1n) is 5.18. The maximum Gasteiger partial charge on any atom is 0.405 e. The Morgan fingerprint density at radius 1 is 1.41 bits per heavy atom. The van der Waals surface area contributed by atoms with Crippen molar-refractivity contribution in [3.05, 3.63) is 23.9 Å². The molecule has 0 unspecified atom stereocenters. The van der Waals surface area contributed by atoms with Crippen LogP contribution in [-0.2, 0) is 5.88 Å². The first-order chi connectivity index (χ1) is 7.83. The average molecular weight is 267 g/mol. The van der Waals surface area contributed by atoms with Gasteiger partial charge in [0, 0.05) is 18.1 Å². The molecule has 96 valence electrons. The molecule has 0 saturated heterocycles. The Hall–Kier alpha value is -0.970. The molecule has 0 fully saturated rings. The molecule has 1 rings (SSSR count). The summed E-state index contributed by atoms with van der Waals surface area (Å²) >= 11 is 5.65. The number of hydrogen-bond donors (Lipinski definition) is 0. The third-order valence-corrected chi connectivity index (χ3v) is 2.54. The van der Waals surface area contributed by atoms with Gasteiger partial charge in [0.1, 0.15) is 12.4 Å². The fourth-order valence-corrected chi connectivity index (χ4v) is 1.59. The minimum atomic E-state index is -4.25. The van der Waals surface area contributed by atoms with E-state index in [0.29, 0.717) is 5.82 Å². The molecule has 0 atom stereocenters. The van der Waals surface area contributed by atoms with Crippen LogP contribution in [0.2, 0.25) is 0 Å². The van der Waals surface area contributed by atoms with Crippen LogP contribution in [0.1, 0.15) is 19.4 Å². The van der Waals surface area contributed by atoms with Gasteiger partial charge in [-0.2, -0.15) is 13.2 Å². The highest BCUT2D eigenvalue weighted by Gasteiger charge is 2.32. The zero-order valence-electron chi connectivity index (χ0n) is 9.63. The summed E-state index contributed by atoms with van der Waals surface area (Å²) in [6.45, 7) is 2.38. The molecule has 6 heteroatoms. The summed E-state index contributed by atoms with van der Waals surface area (Å²) < 4.78 is 37.3. The van der Waals surface area contributed by atoms with Gasteiger partial charge in [0.25, 0.3) is 0 Å². The quantitative estimate of drug-likeness (QED) is 0.774. The third kappa shape index (κ3) is 4.42. The summed E-state index contributed by atoms with van der Waals surface area (Å²) in [5.74, 6) is 0.559. The van der Waals surface area contributed by atoms with Gasteiger partial charge in [0.2, 0.25) is 0 Å². The first-order valence-corrected chi connectivity index (χ1v) is 5.71. The molecule has 0 N–H and O–H groups in total. The Morgan fingerprint density at radius 3 is 2.53 bits per heavy atom. The van der Waals surface area contributed by atoms with Gasteiger partial charge in [0.15, 0.2) is 0 Å². The van der Waals surface area contributed by atoms with Gasteiger partial charge >= 0.3 is 6.18 Å². The van der Waals surface area contributed by atoms with Crippen LogP contribution in [0.4, 0.5) is 19.0 Å². The number of alkyl halides is 4. The van der Waals surface area contributed by atoms with Crippen LogP contribution in [0.5, 0.6) is 0 Å². The van der Waals surface area contributed by atoms with Gasteiger partial charge in [-0.15, -0.1) is 11.6 Å². The predicted octanol–water partition coefficient (Wildman–Crippen LogP) is 3.60. The summed E-state index contributed by atoms with van der Waals surface area (Å²) in [7, 11) is 0. The van der Waals surface area contributed by atoms with Gasteiger partial charge in [-0.3, -0.25) is 0 Å². The number of halogens is 4. The standard InChI is InChI=1S/C11H14ClF3N2/c1-8(2)17(7-11(13,14)15)10-5-9(6-12)3-4-16-10/h3-5,8H,6-7H2,1-2H3. The molecule has 17 heavy (non-hydrogen) atoms. The highest BCUT2D eigenvalue weighted by Crippen LogP contribution is 2.23. The molecule has 0 amide bonds. The maximum absolute atomic E-state index is 12.4. The second-order valence-corrected chi connectivity index (χ2v) is 4.26. The van der Waals surface area contributed by atoms with Gasteiger partial charge in [0.05, 0.1) is 0 Å². The second kappa shape index (κ2) is 5.58. The third-order valence-electron chi connectivity index (χ3n) is 2.23. The van der Waals surface area contributed by atoms with Crippen LogP contribution in [-0.4, -0.2) is 23.7 Å². The molecule has 1 aromatic heterocycles. The Balaban J connectivity index is 2.97. The van der Waals surface area contributed by atoms with E-state index >= 15 is 0 Å². The van der Waals surface area contributed by atoms with Crippen LogP contribution in [0.25, 0.3) is 0 Å². The number of pyridine rings is 1. The molecule has 0 spiro atoms. The van der Waals surface area contributed by atoms with E-state index in [1.54, 1.807) is 26.0 Å². The SMILES string of the molecule is CC(C)N(CC(F)(F)F)c1cc(CCl)ccn1. The fourth-order valence-electron chi connectivity index (χ4n) is 1.42. The fraction of sp³-hybridized carbons (Fsp3) is 0.545. The van der Waals surface area contributed by atoms with E-state index in [1.165, 1.54) is 11.1 Å². The molecule has 1 aromatic rings.